The van der Waals surface area contributed by atoms with E-state index in [1.165, 1.54) is 0 Å². The van der Waals surface area contributed by atoms with E-state index in [0.29, 0.717) is 9.35 Å². The van der Waals surface area contributed by atoms with Crippen LogP contribution in [0.5, 0.6) is 0 Å². The number of thiophene rings is 1. The molecule has 1 nitrogen and oxygen atoms in total. The molecule has 1 atom stereocenters. The molecule has 0 aliphatic carbocycles. The Morgan fingerprint density at radius 3 is 2.50 bits per heavy atom. The Morgan fingerprint density at radius 1 is 1.58 bits per heavy atom. The van der Waals surface area contributed by atoms with Crippen LogP contribution in [0, 0.1) is 6.92 Å². The summed E-state index contributed by atoms with van der Waals surface area (Å²) in [6.45, 7) is 1.79. The molecular formula is C7H7BrF2OS. The second kappa shape index (κ2) is 3.81. The zero-order valence-corrected chi connectivity index (χ0v) is 8.62. The molecule has 1 rings (SSSR count). The molecule has 0 fully saturated rings. The topological polar surface area (TPSA) is 20.2 Å². The van der Waals surface area contributed by atoms with E-state index in [1.54, 1.807) is 12.3 Å². The van der Waals surface area contributed by atoms with Crippen LogP contribution in [0.1, 0.15) is 16.5 Å². The predicted molar refractivity (Wildman–Crippen MR) is 47.7 cm³/mol. The first kappa shape index (κ1) is 10.1. The van der Waals surface area contributed by atoms with E-state index in [4.69, 9.17) is 5.11 Å². The maximum Gasteiger partial charge on any atom is 0.269 e. The first-order valence-electron chi connectivity index (χ1n) is 3.23. The van der Waals surface area contributed by atoms with Gasteiger partial charge in [-0.25, -0.2) is 8.78 Å². The summed E-state index contributed by atoms with van der Waals surface area (Å²) in [5.41, 5.74) is 0.870. The minimum Gasteiger partial charge on any atom is -0.382 e. The number of aryl methyl sites for hydroxylation is 1. The van der Waals surface area contributed by atoms with Gasteiger partial charge in [-0.2, -0.15) is 0 Å². The Morgan fingerprint density at radius 2 is 2.17 bits per heavy atom. The molecule has 5 heteroatoms. The SMILES string of the molecule is Cc1csc(C(O)C(F)F)c1Br. The van der Waals surface area contributed by atoms with Crippen molar-refractivity contribution >= 4 is 27.3 Å². The molecule has 1 heterocycles. The fourth-order valence-electron chi connectivity index (χ4n) is 0.764. The highest BCUT2D eigenvalue weighted by atomic mass is 79.9. The number of halogens is 3. The molecule has 0 saturated carbocycles. The van der Waals surface area contributed by atoms with Crippen molar-refractivity contribution in [2.75, 3.05) is 0 Å². The molecule has 68 valence electrons. The highest BCUT2D eigenvalue weighted by molar-refractivity contribution is 9.10. The summed E-state index contributed by atoms with van der Waals surface area (Å²) in [5, 5.41) is 10.7. The van der Waals surface area contributed by atoms with Gasteiger partial charge in [0, 0.05) is 4.47 Å². The number of hydrogen-bond donors (Lipinski definition) is 1. The van der Waals surface area contributed by atoms with Crippen LogP contribution >= 0.6 is 27.3 Å². The molecule has 0 aromatic carbocycles. The van der Waals surface area contributed by atoms with Crippen molar-refractivity contribution in [1.29, 1.82) is 0 Å². The minimum absolute atomic E-state index is 0.294. The maximum absolute atomic E-state index is 12.0. The van der Waals surface area contributed by atoms with E-state index >= 15 is 0 Å². The van der Waals surface area contributed by atoms with E-state index in [-0.39, 0.29) is 0 Å². The fraction of sp³-hybridized carbons (Fsp3) is 0.429. The summed E-state index contributed by atoms with van der Waals surface area (Å²) >= 11 is 4.27. The molecule has 0 radical (unpaired) electrons. The number of alkyl halides is 2. The van der Waals surface area contributed by atoms with Gasteiger partial charge in [0.15, 0.2) is 0 Å². The van der Waals surface area contributed by atoms with Crippen molar-refractivity contribution in [3.63, 3.8) is 0 Å². The normalized spacial score (nSPS) is 13.8. The van der Waals surface area contributed by atoms with Gasteiger partial charge in [0.25, 0.3) is 6.43 Å². The van der Waals surface area contributed by atoms with Gasteiger partial charge in [0.1, 0.15) is 6.10 Å². The van der Waals surface area contributed by atoms with Crippen LogP contribution in [0.15, 0.2) is 9.85 Å². The lowest BCUT2D eigenvalue weighted by Gasteiger charge is -2.07. The largest absolute Gasteiger partial charge is 0.382 e. The van der Waals surface area contributed by atoms with Gasteiger partial charge in [-0.3, -0.25) is 0 Å². The molecule has 0 saturated heterocycles. The maximum atomic E-state index is 12.0. The molecule has 0 aliphatic heterocycles. The van der Waals surface area contributed by atoms with Crippen LogP contribution in [0.25, 0.3) is 0 Å². The molecule has 0 amide bonds. The van der Waals surface area contributed by atoms with Gasteiger partial charge in [-0.15, -0.1) is 11.3 Å². The summed E-state index contributed by atoms with van der Waals surface area (Å²) in [4.78, 5) is 0.294. The second-order valence-electron chi connectivity index (χ2n) is 2.38. The molecule has 1 N–H and O–H groups in total. The van der Waals surface area contributed by atoms with Crippen molar-refractivity contribution in [2.24, 2.45) is 0 Å². The first-order valence-corrected chi connectivity index (χ1v) is 4.91. The van der Waals surface area contributed by atoms with Crippen LogP contribution in [-0.2, 0) is 0 Å². The van der Waals surface area contributed by atoms with Gasteiger partial charge in [0.2, 0.25) is 0 Å². The van der Waals surface area contributed by atoms with Crippen LogP contribution in [0.3, 0.4) is 0 Å². The van der Waals surface area contributed by atoms with E-state index in [1.807, 2.05) is 0 Å². The average Bonchev–Trinajstić information content (AvgIpc) is 2.32. The quantitative estimate of drug-likeness (QED) is 0.863. The Hall–Kier alpha value is -0.0000000000000000555. The summed E-state index contributed by atoms with van der Waals surface area (Å²) in [5.74, 6) is 0. The molecule has 1 aromatic heterocycles. The van der Waals surface area contributed by atoms with E-state index < -0.39 is 12.5 Å². The number of aliphatic hydroxyl groups excluding tert-OH is 1. The molecule has 0 aliphatic rings. The summed E-state index contributed by atoms with van der Waals surface area (Å²) < 4.78 is 24.7. The minimum atomic E-state index is -2.72. The zero-order chi connectivity index (χ0) is 9.30. The number of aliphatic hydroxyl groups is 1. The number of rotatable bonds is 2. The molecule has 1 unspecified atom stereocenters. The lowest BCUT2D eigenvalue weighted by molar-refractivity contribution is -0.00407. The van der Waals surface area contributed by atoms with Crippen molar-refractivity contribution in [2.45, 2.75) is 19.5 Å². The van der Waals surface area contributed by atoms with Crippen LogP contribution in [0.2, 0.25) is 0 Å². The van der Waals surface area contributed by atoms with Crippen molar-refractivity contribution in [3.05, 3.63) is 20.3 Å². The third-order valence-electron chi connectivity index (χ3n) is 1.43. The third kappa shape index (κ3) is 1.84. The molecule has 0 bridgehead atoms. The van der Waals surface area contributed by atoms with Crippen LogP contribution < -0.4 is 0 Å². The average molecular weight is 257 g/mol. The van der Waals surface area contributed by atoms with Gasteiger partial charge in [0.05, 0.1) is 4.88 Å². The van der Waals surface area contributed by atoms with E-state index in [9.17, 15) is 8.78 Å². The predicted octanol–water partition coefficient (Wildman–Crippen LogP) is 3.12. The zero-order valence-electron chi connectivity index (χ0n) is 6.22. The number of hydrogen-bond acceptors (Lipinski definition) is 2. The lowest BCUT2D eigenvalue weighted by Crippen LogP contribution is -2.06. The van der Waals surface area contributed by atoms with E-state index in [0.717, 1.165) is 16.9 Å². The van der Waals surface area contributed by atoms with Crippen LogP contribution in [0.4, 0.5) is 8.78 Å². The summed E-state index contributed by atoms with van der Waals surface area (Å²) in [6, 6.07) is 0. The Balaban J connectivity index is 2.95. The Kier molecular flexibility index (Phi) is 3.20. The fourth-order valence-corrected chi connectivity index (χ4v) is 2.47. The smallest absolute Gasteiger partial charge is 0.269 e. The monoisotopic (exact) mass is 256 g/mol. The summed E-state index contributed by atoms with van der Waals surface area (Å²) in [7, 11) is 0. The molecule has 1 aromatic rings. The van der Waals surface area contributed by atoms with Gasteiger partial charge in [-0.1, -0.05) is 0 Å². The second-order valence-corrected chi connectivity index (χ2v) is 4.08. The molecular weight excluding hydrogens is 250 g/mol. The lowest BCUT2D eigenvalue weighted by atomic mass is 10.2. The summed E-state index contributed by atoms with van der Waals surface area (Å²) in [6.07, 6.45) is -4.39. The molecule has 12 heavy (non-hydrogen) atoms. The highest BCUT2D eigenvalue weighted by Gasteiger charge is 2.23. The van der Waals surface area contributed by atoms with Gasteiger partial charge >= 0.3 is 0 Å². The Labute approximate surface area is 81.2 Å². The standard InChI is InChI=1S/C7H7BrF2OS/c1-3-2-12-6(4(3)8)5(11)7(9)10/h2,5,7,11H,1H3. The van der Waals surface area contributed by atoms with Crippen LogP contribution in [-0.4, -0.2) is 11.5 Å². The van der Waals surface area contributed by atoms with Crippen molar-refractivity contribution < 1.29 is 13.9 Å². The van der Waals surface area contributed by atoms with Gasteiger partial charge in [-0.05, 0) is 33.8 Å². The molecule has 0 spiro atoms. The highest BCUT2D eigenvalue weighted by Crippen LogP contribution is 2.35. The van der Waals surface area contributed by atoms with Crippen molar-refractivity contribution in [1.82, 2.24) is 0 Å². The third-order valence-corrected chi connectivity index (χ3v) is 3.92. The first-order chi connectivity index (χ1) is 5.54. The van der Waals surface area contributed by atoms with E-state index in [2.05, 4.69) is 15.9 Å². The van der Waals surface area contributed by atoms with Crippen molar-refractivity contribution in [3.8, 4) is 0 Å². The van der Waals surface area contributed by atoms with Gasteiger partial charge < -0.3 is 5.11 Å². The Bertz CT molecular complexity index is 274.